The summed E-state index contributed by atoms with van der Waals surface area (Å²) in [4.78, 5) is 16.9. The molecule has 0 aliphatic heterocycles. The van der Waals surface area contributed by atoms with E-state index in [-0.39, 0.29) is 34.6 Å². The van der Waals surface area contributed by atoms with E-state index in [2.05, 4.69) is 15.0 Å². The minimum Gasteiger partial charge on any atom is -0.349 e. The number of aromatic nitrogens is 1. The number of benzene rings is 2. The Labute approximate surface area is 216 Å². The fraction of sp³-hybridized carbons (Fsp3) is 0.333. The molecule has 2 N–H and O–H groups in total. The van der Waals surface area contributed by atoms with Gasteiger partial charge in [0.25, 0.3) is 0 Å². The number of pyridine rings is 1. The maximum absolute atomic E-state index is 13.1. The molecule has 0 unspecified atom stereocenters. The number of amides is 1. The van der Waals surface area contributed by atoms with Crippen molar-refractivity contribution < 1.29 is 17.6 Å². The Bertz CT molecular complexity index is 1340. The predicted octanol–water partition coefficient (Wildman–Crippen LogP) is 5.56. The topological polar surface area (TPSA) is 88.2 Å². The molecule has 36 heavy (non-hydrogen) atoms. The van der Waals surface area contributed by atoms with E-state index in [9.17, 15) is 17.6 Å². The number of carbonyl (C=O) groups is 1. The van der Waals surface area contributed by atoms with Crippen molar-refractivity contribution in [3.05, 3.63) is 82.9 Å². The summed E-state index contributed by atoms with van der Waals surface area (Å²) in [5.74, 6) is -0.576. The van der Waals surface area contributed by atoms with Gasteiger partial charge in [-0.2, -0.15) is 0 Å². The number of carbonyl (C=O) groups excluding carboxylic acids is 1. The van der Waals surface area contributed by atoms with Crippen LogP contribution in [0, 0.1) is 18.7 Å². The van der Waals surface area contributed by atoms with Gasteiger partial charge in [-0.1, -0.05) is 29.8 Å². The molecule has 3 aromatic rings. The molecule has 4 rings (SSSR count). The highest BCUT2D eigenvalue weighted by molar-refractivity contribution is 7.89. The molecular formula is C27H29ClFN3O3S. The number of aryl methyl sites for hydroxylation is 1. The van der Waals surface area contributed by atoms with E-state index in [4.69, 9.17) is 11.6 Å². The van der Waals surface area contributed by atoms with Crippen molar-refractivity contribution in [2.24, 2.45) is 5.92 Å². The molecule has 1 saturated carbocycles. The first-order valence-electron chi connectivity index (χ1n) is 11.9. The van der Waals surface area contributed by atoms with Gasteiger partial charge >= 0.3 is 0 Å². The van der Waals surface area contributed by atoms with Crippen LogP contribution < -0.4 is 10.0 Å². The van der Waals surface area contributed by atoms with Crippen molar-refractivity contribution in [3.63, 3.8) is 0 Å². The monoisotopic (exact) mass is 529 g/mol. The third-order valence-electron chi connectivity index (χ3n) is 6.71. The summed E-state index contributed by atoms with van der Waals surface area (Å²) in [6, 6.07) is 12.1. The molecule has 1 atom stereocenters. The van der Waals surface area contributed by atoms with Gasteiger partial charge in [0.1, 0.15) is 5.82 Å². The van der Waals surface area contributed by atoms with Gasteiger partial charge in [0, 0.05) is 34.9 Å². The second kappa shape index (κ2) is 11.1. The summed E-state index contributed by atoms with van der Waals surface area (Å²) >= 11 is 6.46. The van der Waals surface area contributed by atoms with Crippen molar-refractivity contribution in [3.8, 4) is 11.1 Å². The van der Waals surface area contributed by atoms with Gasteiger partial charge < -0.3 is 5.32 Å². The number of halogens is 2. The summed E-state index contributed by atoms with van der Waals surface area (Å²) in [7, 11) is -3.77. The van der Waals surface area contributed by atoms with Crippen LogP contribution in [0.5, 0.6) is 0 Å². The van der Waals surface area contributed by atoms with E-state index in [1.165, 1.54) is 18.2 Å². The predicted molar refractivity (Wildman–Crippen MR) is 138 cm³/mol. The number of hydrogen-bond donors (Lipinski definition) is 2. The molecule has 6 nitrogen and oxygen atoms in total. The Balaban J connectivity index is 1.34. The summed E-state index contributed by atoms with van der Waals surface area (Å²) in [6.45, 7) is 3.78. The maximum Gasteiger partial charge on any atom is 0.240 e. The molecule has 1 heterocycles. The zero-order chi connectivity index (χ0) is 25.9. The molecule has 0 saturated heterocycles. The highest BCUT2D eigenvalue weighted by atomic mass is 35.5. The van der Waals surface area contributed by atoms with Crippen LogP contribution in [0.1, 0.15) is 49.8 Å². The Morgan fingerprint density at radius 3 is 2.39 bits per heavy atom. The lowest BCUT2D eigenvalue weighted by Crippen LogP contribution is -2.41. The van der Waals surface area contributed by atoms with Crippen molar-refractivity contribution in [1.82, 2.24) is 15.0 Å². The second-order valence-electron chi connectivity index (χ2n) is 9.28. The van der Waals surface area contributed by atoms with Crippen LogP contribution in [0.15, 0.2) is 65.8 Å². The molecule has 1 fully saturated rings. The molecule has 190 valence electrons. The fourth-order valence-electron chi connectivity index (χ4n) is 4.58. The highest BCUT2D eigenvalue weighted by Gasteiger charge is 2.30. The van der Waals surface area contributed by atoms with Crippen molar-refractivity contribution in [1.29, 1.82) is 0 Å². The lowest BCUT2D eigenvalue weighted by Gasteiger charge is -2.29. The fourth-order valence-corrected chi connectivity index (χ4v) is 6.26. The number of nitrogens with zero attached hydrogens (tertiary/aromatic N) is 1. The summed E-state index contributed by atoms with van der Waals surface area (Å²) in [5, 5.41) is 3.33. The van der Waals surface area contributed by atoms with Crippen molar-refractivity contribution in [2.75, 3.05) is 0 Å². The second-order valence-corrected chi connectivity index (χ2v) is 11.4. The molecule has 1 aromatic heterocycles. The van der Waals surface area contributed by atoms with Gasteiger partial charge in [0.15, 0.2) is 0 Å². The lowest BCUT2D eigenvalue weighted by molar-refractivity contribution is -0.126. The van der Waals surface area contributed by atoms with Crippen LogP contribution in [0.2, 0.25) is 5.02 Å². The quantitative estimate of drug-likeness (QED) is 0.419. The van der Waals surface area contributed by atoms with Crippen LogP contribution in [0.4, 0.5) is 4.39 Å². The number of sulfonamides is 1. The van der Waals surface area contributed by atoms with E-state index < -0.39 is 10.0 Å². The first kappa shape index (κ1) is 26.3. The molecule has 1 amide bonds. The van der Waals surface area contributed by atoms with E-state index >= 15 is 0 Å². The molecule has 0 spiro atoms. The highest BCUT2D eigenvalue weighted by Crippen LogP contribution is 2.32. The smallest absolute Gasteiger partial charge is 0.240 e. The molecule has 2 aromatic carbocycles. The first-order valence-corrected chi connectivity index (χ1v) is 13.8. The Morgan fingerprint density at radius 1 is 1.06 bits per heavy atom. The van der Waals surface area contributed by atoms with Gasteiger partial charge in [-0.05, 0) is 86.6 Å². The number of rotatable bonds is 7. The maximum atomic E-state index is 13.1. The third-order valence-corrected chi connectivity index (χ3v) is 8.54. The third kappa shape index (κ3) is 6.11. The Hall–Kier alpha value is -2.81. The Kier molecular flexibility index (Phi) is 8.07. The summed E-state index contributed by atoms with van der Waals surface area (Å²) < 4.78 is 42.0. The molecule has 9 heteroatoms. The van der Waals surface area contributed by atoms with Crippen LogP contribution in [-0.2, 0) is 14.8 Å². The van der Waals surface area contributed by atoms with Crippen LogP contribution in [0.25, 0.3) is 11.1 Å². The largest absolute Gasteiger partial charge is 0.349 e. The Morgan fingerprint density at radius 2 is 1.75 bits per heavy atom. The van der Waals surface area contributed by atoms with E-state index in [0.29, 0.717) is 30.7 Å². The van der Waals surface area contributed by atoms with Crippen LogP contribution >= 0.6 is 11.6 Å². The molecule has 1 aliphatic carbocycles. The SMILES string of the molecule is Cc1cnccc1-c1ccc(S(=O)(=O)N[C@H]2CC[C@H](C(=O)N[C@H](C)c3ccc(F)cc3)CC2)cc1Cl. The zero-order valence-electron chi connectivity index (χ0n) is 20.2. The minimum atomic E-state index is -3.77. The van der Waals surface area contributed by atoms with Crippen LogP contribution in [0.3, 0.4) is 0 Å². The number of hydrogen-bond acceptors (Lipinski definition) is 4. The molecular weight excluding hydrogens is 501 g/mol. The van der Waals surface area contributed by atoms with E-state index in [0.717, 1.165) is 22.3 Å². The van der Waals surface area contributed by atoms with Gasteiger partial charge in [-0.25, -0.2) is 17.5 Å². The van der Waals surface area contributed by atoms with Gasteiger partial charge in [-0.15, -0.1) is 0 Å². The standard InChI is InChI=1S/C27H29ClFN3O3S/c1-17-16-30-14-13-24(17)25-12-11-23(15-26(25)28)36(34,35)32-22-9-5-20(6-10-22)27(33)31-18(2)19-3-7-21(29)8-4-19/h3-4,7-8,11-16,18,20,22,32H,5-6,9-10H2,1-2H3,(H,31,33)/t18-,20-,22-/m1/s1. The molecule has 1 aliphatic rings. The summed E-state index contributed by atoms with van der Waals surface area (Å²) in [6.07, 6.45) is 5.68. The van der Waals surface area contributed by atoms with Crippen molar-refractivity contribution >= 4 is 27.5 Å². The van der Waals surface area contributed by atoms with Crippen molar-refractivity contribution in [2.45, 2.75) is 56.5 Å². The zero-order valence-corrected chi connectivity index (χ0v) is 21.7. The average molecular weight is 530 g/mol. The normalized spacial score (nSPS) is 19.0. The van der Waals surface area contributed by atoms with Gasteiger partial charge in [0.05, 0.1) is 10.9 Å². The molecule has 0 bridgehead atoms. The average Bonchev–Trinajstić information content (AvgIpc) is 2.85. The van der Waals surface area contributed by atoms with E-state index in [1.54, 1.807) is 36.7 Å². The lowest BCUT2D eigenvalue weighted by atomic mass is 9.85. The van der Waals surface area contributed by atoms with Crippen LogP contribution in [-0.4, -0.2) is 25.4 Å². The van der Waals surface area contributed by atoms with Gasteiger partial charge in [-0.3, -0.25) is 9.78 Å². The van der Waals surface area contributed by atoms with E-state index in [1.807, 2.05) is 19.9 Å². The molecule has 0 radical (unpaired) electrons. The minimum absolute atomic E-state index is 0.0677. The summed E-state index contributed by atoms with van der Waals surface area (Å²) in [5.41, 5.74) is 3.42. The van der Waals surface area contributed by atoms with Gasteiger partial charge in [0.2, 0.25) is 15.9 Å². The number of nitrogens with one attached hydrogen (secondary N) is 2. The first-order chi connectivity index (χ1) is 17.1.